The van der Waals surface area contributed by atoms with E-state index in [0.29, 0.717) is 0 Å². The molecule has 0 aliphatic carbocycles. The summed E-state index contributed by atoms with van der Waals surface area (Å²) in [5.41, 5.74) is 6.99. The van der Waals surface area contributed by atoms with Gasteiger partial charge < -0.3 is 14.6 Å². The van der Waals surface area contributed by atoms with Crippen LogP contribution in [0.15, 0.2) is 84.0 Å². The van der Waals surface area contributed by atoms with E-state index >= 15 is 0 Å². The predicted molar refractivity (Wildman–Crippen MR) is 108 cm³/mol. The van der Waals surface area contributed by atoms with Gasteiger partial charge in [0.1, 0.15) is 17.0 Å². The van der Waals surface area contributed by atoms with E-state index in [2.05, 4.69) is 19.5 Å². The van der Waals surface area contributed by atoms with Gasteiger partial charge in [0, 0.05) is 4.91 Å². The molecule has 0 heterocycles. The van der Waals surface area contributed by atoms with E-state index in [1.165, 1.54) is 24.3 Å². The Balaban J connectivity index is 2.28. The third kappa shape index (κ3) is 5.72. The van der Waals surface area contributed by atoms with Crippen molar-refractivity contribution in [3.63, 3.8) is 0 Å². The van der Waals surface area contributed by atoms with Crippen LogP contribution < -0.4 is 9.47 Å². The number of hydrogen-bond acceptors (Lipinski definition) is 4. The molecule has 0 aliphatic heterocycles. The summed E-state index contributed by atoms with van der Waals surface area (Å²) in [6, 6.07) is 16.2. The molecule has 0 aliphatic rings. The summed E-state index contributed by atoms with van der Waals surface area (Å²) in [4.78, 5) is 2.75. The van der Waals surface area contributed by atoms with E-state index in [-0.39, 0.29) is 16.7 Å². The molecule has 0 aromatic heterocycles. The molecule has 0 saturated carbocycles. The van der Waals surface area contributed by atoms with Crippen molar-refractivity contribution in [2.45, 2.75) is 24.4 Å². The van der Waals surface area contributed by atoms with Crippen molar-refractivity contribution < 1.29 is 40.9 Å². The summed E-state index contributed by atoms with van der Waals surface area (Å²) in [5, 5.41) is 15.0. The summed E-state index contributed by atoms with van der Waals surface area (Å²) >= 11 is 0. The van der Waals surface area contributed by atoms with Gasteiger partial charge in [0.25, 0.3) is 0 Å². The summed E-state index contributed by atoms with van der Waals surface area (Å²) < 4.78 is 84.7. The number of hydrogen-bond donors (Lipinski definition) is 1. The molecule has 178 valence electrons. The third-order valence-electron chi connectivity index (χ3n) is 4.73. The molecule has 3 aromatic rings. The van der Waals surface area contributed by atoms with Crippen LogP contribution in [-0.2, 0) is 5.54 Å². The highest BCUT2D eigenvalue weighted by Crippen LogP contribution is 2.47. The average Bonchev–Trinajstić information content (AvgIpc) is 2.76. The van der Waals surface area contributed by atoms with Gasteiger partial charge >= 0.3 is 12.7 Å². The fraction of sp³-hybridized carbons (Fsp3) is 0.182. The zero-order chi connectivity index (χ0) is 25.0. The number of rotatable bonds is 7. The van der Waals surface area contributed by atoms with E-state index in [1.807, 2.05) is 0 Å². The Morgan fingerprint density at radius 1 is 0.735 bits per heavy atom. The first-order valence-electron chi connectivity index (χ1n) is 9.46. The molecule has 0 fully saturated rings. The first kappa shape index (κ1) is 24.7. The SMILES string of the molecule is [N-]=[N+]=NC(c1cccc(OC(F)(F)F)c1)(c1cccc(OC(F)(F)F)c1)C(O)c1ccccc1. The molecule has 1 unspecified atom stereocenters. The molecule has 0 radical (unpaired) electrons. The van der Waals surface area contributed by atoms with Crippen molar-refractivity contribution in [1.29, 1.82) is 0 Å². The van der Waals surface area contributed by atoms with Gasteiger partial charge in [0.05, 0.1) is 6.10 Å². The van der Waals surface area contributed by atoms with E-state index in [4.69, 9.17) is 0 Å². The molecule has 34 heavy (non-hydrogen) atoms. The zero-order valence-corrected chi connectivity index (χ0v) is 17.0. The highest BCUT2D eigenvalue weighted by Gasteiger charge is 2.43. The van der Waals surface area contributed by atoms with Crippen LogP contribution in [-0.4, -0.2) is 17.8 Å². The molecule has 0 spiro atoms. The number of azide groups is 1. The largest absolute Gasteiger partial charge is 0.573 e. The van der Waals surface area contributed by atoms with Crippen LogP contribution in [0.4, 0.5) is 26.3 Å². The molecule has 12 heteroatoms. The van der Waals surface area contributed by atoms with Crippen molar-refractivity contribution in [3.05, 3.63) is 106 Å². The lowest BCUT2D eigenvalue weighted by Crippen LogP contribution is -2.33. The minimum atomic E-state index is -5.04. The molecule has 1 N–H and O–H groups in total. The first-order chi connectivity index (χ1) is 15.9. The zero-order valence-electron chi connectivity index (χ0n) is 17.0. The van der Waals surface area contributed by atoms with Gasteiger partial charge in [-0.15, -0.1) is 26.3 Å². The van der Waals surface area contributed by atoms with Crippen LogP contribution in [0.25, 0.3) is 10.4 Å². The summed E-state index contributed by atoms with van der Waals surface area (Å²) in [6.07, 6.45) is -11.8. The van der Waals surface area contributed by atoms with Crippen molar-refractivity contribution in [3.8, 4) is 11.5 Å². The molecule has 1 atom stereocenters. The van der Waals surface area contributed by atoms with Crippen LogP contribution in [0.5, 0.6) is 11.5 Å². The average molecular weight is 483 g/mol. The lowest BCUT2D eigenvalue weighted by Gasteiger charge is -2.35. The molecule has 3 rings (SSSR count). The number of benzene rings is 3. The summed E-state index contributed by atoms with van der Waals surface area (Å²) in [6.45, 7) is 0. The van der Waals surface area contributed by atoms with Crippen LogP contribution in [0.1, 0.15) is 22.8 Å². The van der Waals surface area contributed by atoms with Gasteiger partial charge in [-0.1, -0.05) is 59.7 Å². The lowest BCUT2D eigenvalue weighted by molar-refractivity contribution is -0.275. The first-order valence-corrected chi connectivity index (χ1v) is 9.46. The van der Waals surface area contributed by atoms with Gasteiger partial charge in [0.2, 0.25) is 0 Å². The van der Waals surface area contributed by atoms with E-state index < -0.39 is 35.9 Å². The normalized spacial score (nSPS) is 13.0. The predicted octanol–water partition coefficient (Wildman–Crippen LogP) is 6.77. The van der Waals surface area contributed by atoms with Crippen molar-refractivity contribution in [1.82, 2.24) is 0 Å². The number of aliphatic hydroxyl groups excluding tert-OH is 1. The molecule has 0 amide bonds. The van der Waals surface area contributed by atoms with Crippen LogP contribution in [0, 0.1) is 0 Å². The number of nitrogens with zero attached hydrogens (tertiary/aromatic N) is 3. The van der Waals surface area contributed by atoms with Gasteiger partial charge in [-0.25, -0.2) is 0 Å². The maximum Gasteiger partial charge on any atom is 0.573 e. The second-order valence-corrected chi connectivity index (χ2v) is 6.92. The number of halogens is 6. The maximum atomic E-state index is 12.8. The van der Waals surface area contributed by atoms with Crippen molar-refractivity contribution in [2.75, 3.05) is 0 Å². The fourth-order valence-corrected chi connectivity index (χ4v) is 3.46. The Labute approximate surface area is 188 Å². The summed E-state index contributed by atoms with van der Waals surface area (Å²) in [5.74, 6) is -1.38. The van der Waals surface area contributed by atoms with Gasteiger partial charge in [-0.05, 0) is 46.5 Å². The molecule has 0 bridgehead atoms. The van der Waals surface area contributed by atoms with Gasteiger partial charge in [-0.2, -0.15) is 0 Å². The number of alkyl halides is 6. The Morgan fingerprint density at radius 3 is 1.62 bits per heavy atom. The lowest BCUT2D eigenvalue weighted by atomic mass is 9.76. The second-order valence-electron chi connectivity index (χ2n) is 6.92. The quantitative estimate of drug-likeness (QED) is 0.174. The standard InChI is InChI=1S/C22H15F6N3O3/c23-21(24,25)33-17-10-4-8-15(12-17)20(30-31-29,19(32)14-6-2-1-3-7-14)16-9-5-11-18(13-16)34-22(26,27)28/h1-13,19,32H. The second kappa shape index (κ2) is 9.54. The Morgan fingerprint density at radius 2 is 1.21 bits per heavy atom. The minimum absolute atomic E-state index is 0.174. The monoisotopic (exact) mass is 483 g/mol. The van der Waals surface area contributed by atoms with Crippen LogP contribution >= 0.6 is 0 Å². The van der Waals surface area contributed by atoms with Crippen molar-refractivity contribution in [2.24, 2.45) is 5.11 Å². The topological polar surface area (TPSA) is 87.5 Å². The van der Waals surface area contributed by atoms with Gasteiger partial charge in [-0.3, -0.25) is 0 Å². The van der Waals surface area contributed by atoms with Crippen molar-refractivity contribution >= 4 is 0 Å². The van der Waals surface area contributed by atoms with Crippen LogP contribution in [0.2, 0.25) is 0 Å². The number of ether oxygens (including phenoxy) is 2. The van der Waals surface area contributed by atoms with Gasteiger partial charge in [0.15, 0.2) is 0 Å². The van der Waals surface area contributed by atoms with E-state index in [1.54, 1.807) is 18.2 Å². The minimum Gasteiger partial charge on any atom is -0.406 e. The fourth-order valence-electron chi connectivity index (χ4n) is 3.46. The smallest absolute Gasteiger partial charge is 0.406 e. The van der Waals surface area contributed by atoms with E-state index in [9.17, 15) is 37.0 Å². The van der Waals surface area contributed by atoms with E-state index in [0.717, 1.165) is 36.4 Å². The molecule has 6 nitrogen and oxygen atoms in total. The Hall–Kier alpha value is -3.89. The molecular weight excluding hydrogens is 468 g/mol. The number of aliphatic hydroxyl groups is 1. The highest BCUT2D eigenvalue weighted by molar-refractivity contribution is 5.47. The summed E-state index contributed by atoms with van der Waals surface area (Å²) in [7, 11) is 0. The Kier molecular flexibility index (Phi) is 6.94. The molecule has 3 aromatic carbocycles. The van der Waals surface area contributed by atoms with Crippen LogP contribution in [0.3, 0.4) is 0 Å². The highest BCUT2D eigenvalue weighted by atomic mass is 19.4. The molecule has 0 saturated heterocycles. The third-order valence-corrected chi connectivity index (χ3v) is 4.73. The maximum absolute atomic E-state index is 12.8. The molecular formula is C22H15F6N3O3. The Bertz CT molecular complexity index is 1120.